The maximum Gasteiger partial charge on any atom is -0.00411 e. The van der Waals surface area contributed by atoms with Crippen molar-refractivity contribution < 1.29 is 0 Å². The third kappa shape index (κ3) is 8.31. The van der Waals surface area contributed by atoms with Gasteiger partial charge in [0.25, 0.3) is 0 Å². The standard InChI is InChI=1S/C8H19NS/c1-2-3-4-6-9-7-5-8-10/h9-10H,2-8H2,1H3. The predicted octanol–water partition coefficient (Wildman–Crippen LogP) is 2.09. The molecule has 0 spiro atoms. The van der Waals surface area contributed by atoms with Gasteiger partial charge in [0.15, 0.2) is 0 Å². The van der Waals surface area contributed by atoms with Gasteiger partial charge in [0.1, 0.15) is 0 Å². The molecule has 0 aromatic rings. The van der Waals surface area contributed by atoms with Crippen molar-refractivity contribution in [1.82, 2.24) is 5.32 Å². The number of hydrogen-bond donors (Lipinski definition) is 2. The zero-order chi connectivity index (χ0) is 7.66. The van der Waals surface area contributed by atoms with E-state index in [1.165, 1.54) is 32.2 Å². The maximum atomic E-state index is 4.12. The molecular formula is C8H19NS. The summed E-state index contributed by atoms with van der Waals surface area (Å²) < 4.78 is 0. The lowest BCUT2D eigenvalue weighted by Crippen LogP contribution is -2.16. The van der Waals surface area contributed by atoms with Crippen molar-refractivity contribution >= 4 is 12.6 Å². The number of unbranched alkanes of at least 4 members (excludes halogenated alkanes) is 2. The Morgan fingerprint density at radius 1 is 1.10 bits per heavy atom. The second-order valence-electron chi connectivity index (χ2n) is 2.53. The van der Waals surface area contributed by atoms with Crippen LogP contribution in [0.3, 0.4) is 0 Å². The Kier molecular flexibility index (Phi) is 9.60. The van der Waals surface area contributed by atoms with E-state index < -0.39 is 0 Å². The second kappa shape index (κ2) is 9.31. The lowest BCUT2D eigenvalue weighted by molar-refractivity contribution is 0.613. The first-order chi connectivity index (χ1) is 4.91. The van der Waals surface area contributed by atoms with Gasteiger partial charge in [0.2, 0.25) is 0 Å². The first kappa shape index (κ1) is 10.3. The topological polar surface area (TPSA) is 12.0 Å². The smallest absolute Gasteiger partial charge is 0.00411 e. The highest BCUT2D eigenvalue weighted by Gasteiger charge is 1.85. The molecule has 0 atom stereocenters. The van der Waals surface area contributed by atoms with E-state index in [0.29, 0.717) is 0 Å². The van der Waals surface area contributed by atoms with Crippen molar-refractivity contribution in [1.29, 1.82) is 0 Å². The largest absolute Gasteiger partial charge is 0.317 e. The normalized spacial score (nSPS) is 10.2. The summed E-state index contributed by atoms with van der Waals surface area (Å²) in [6.07, 6.45) is 5.18. The zero-order valence-electron chi connectivity index (χ0n) is 6.90. The Morgan fingerprint density at radius 3 is 2.40 bits per heavy atom. The van der Waals surface area contributed by atoms with Crippen LogP contribution < -0.4 is 5.32 Å². The lowest BCUT2D eigenvalue weighted by atomic mass is 10.2. The number of hydrogen-bond acceptors (Lipinski definition) is 2. The first-order valence-electron chi connectivity index (χ1n) is 4.23. The molecule has 0 unspecified atom stereocenters. The SMILES string of the molecule is CCCCCNCCCS. The summed E-state index contributed by atoms with van der Waals surface area (Å²) >= 11 is 4.12. The van der Waals surface area contributed by atoms with Crippen LogP contribution in [0.5, 0.6) is 0 Å². The molecule has 1 N–H and O–H groups in total. The maximum absolute atomic E-state index is 4.12. The fourth-order valence-electron chi connectivity index (χ4n) is 0.829. The van der Waals surface area contributed by atoms with Crippen molar-refractivity contribution in [3.63, 3.8) is 0 Å². The molecule has 0 heterocycles. The lowest BCUT2D eigenvalue weighted by Gasteiger charge is -2.01. The molecule has 0 bridgehead atoms. The van der Waals surface area contributed by atoms with Gasteiger partial charge in [-0.3, -0.25) is 0 Å². The highest BCUT2D eigenvalue weighted by molar-refractivity contribution is 7.80. The molecule has 0 radical (unpaired) electrons. The molecule has 0 aromatic carbocycles. The Hall–Kier alpha value is 0.310. The molecule has 0 saturated heterocycles. The molecule has 0 aliphatic carbocycles. The molecule has 10 heavy (non-hydrogen) atoms. The van der Waals surface area contributed by atoms with Gasteiger partial charge in [0, 0.05) is 0 Å². The molecule has 0 fully saturated rings. The van der Waals surface area contributed by atoms with E-state index in [0.717, 1.165) is 12.3 Å². The molecular weight excluding hydrogens is 142 g/mol. The van der Waals surface area contributed by atoms with Gasteiger partial charge < -0.3 is 5.32 Å². The summed E-state index contributed by atoms with van der Waals surface area (Å²) in [7, 11) is 0. The van der Waals surface area contributed by atoms with Crippen LogP contribution in [0.25, 0.3) is 0 Å². The minimum absolute atomic E-state index is 1.00. The van der Waals surface area contributed by atoms with Crippen LogP contribution in [-0.4, -0.2) is 18.8 Å². The molecule has 0 saturated carbocycles. The molecule has 0 aliphatic rings. The van der Waals surface area contributed by atoms with Crippen molar-refractivity contribution in [2.75, 3.05) is 18.8 Å². The Morgan fingerprint density at radius 2 is 1.80 bits per heavy atom. The van der Waals surface area contributed by atoms with E-state index in [-0.39, 0.29) is 0 Å². The first-order valence-corrected chi connectivity index (χ1v) is 4.86. The minimum Gasteiger partial charge on any atom is -0.317 e. The Labute approximate surface area is 70.0 Å². The summed E-state index contributed by atoms with van der Waals surface area (Å²) in [6.45, 7) is 4.54. The van der Waals surface area contributed by atoms with Crippen LogP contribution in [-0.2, 0) is 0 Å². The zero-order valence-corrected chi connectivity index (χ0v) is 7.79. The van der Waals surface area contributed by atoms with Gasteiger partial charge in [0.05, 0.1) is 0 Å². The van der Waals surface area contributed by atoms with E-state index in [9.17, 15) is 0 Å². The molecule has 62 valence electrons. The fraction of sp³-hybridized carbons (Fsp3) is 1.00. The number of thiol groups is 1. The van der Waals surface area contributed by atoms with Crippen LogP contribution >= 0.6 is 12.6 Å². The van der Waals surface area contributed by atoms with Crippen molar-refractivity contribution in [3.05, 3.63) is 0 Å². The Balaban J connectivity index is 2.65. The van der Waals surface area contributed by atoms with Crippen LogP contribution in [0.2, 0.25) is 0 Å². The van der Waals surface area contributed by atoms with Gasteiger partial charge in [-0.25, -0.2) is 0 Å². The molecule has 0 aliphatic heterocycles. The minimum atomic E-state index is 1.00. The summed E-state index contributed by atoms with van der Waals surface area (Å²) in [6, 6.07) is 0. The fourth-order valence-corrected chi connectivity index (χ4v) is 0.987. The predicted molar refractivity (Wildman–Crippen MR) is 50.9 cm³/mol. The third-order valence-corrected chi connectivity index (χ3v) is 1.79. The molecule has 1 nitrogen and oxygen atoms in total. The van der Waals surface area contributed by atoms with Gasteiger partial charge >= 0.3 is 0 Å². The Bertz CT molecular complexity index is 49.2. The summed E-state index contributed by atoms with van der Waals surface area (Å²) in [4.78, 5) is 0. The van der Waals surface area contributed by atoms with E-state index in [2.05, 4.69) is 24.9 Å². The van der Waals surface area contributed by atoms with Crippen LogP contribution in [0.4, 0.5) is 0 Å². The van der Waals surface area contributed by atoms with E-state index in [1.807, 2.05) is 0 Å². The van der Waals surface area contributed by atoms with E-state index in [4.69, 9.17) is 0 Å². The van der Waals surface area contributed by atoms with E-state index >= 15 is 0 Å². The summed E-state index contributed by atoms with van der Waals surface area (Å²) in [5.41, 5.74) is 0. The van der Waals surface area contributed by atoms with Crippen LogP contribution in [0, 0.1) is 0 Å². The number of rotatable bonds is 7. The van der Waals surface area contributed by atoms with Crippen LogP contribution in [0.1, 0.15) is 32.6 Å². The summed E-state index contributed by atoms with van der Waals surface area (Å²) in [5, 5.41) is 3.37. The molecule has 2 heteroatoms. The van der Waals surface area contributed by atoms with E-state index in [1.54, 1.807) is 0 Å². The second-order valence-corrected chi connectivity index (χ2v) is 2.98. The highest BCUT2D eigenvalue weighted by Crippen LogP contribution is 1.91. The van der Waals surface area contributed by atoms with Gasteiger partial charge in [-0.2, -0.15) is 12.6 Å². The molecule has 0 amide bonds. The quantitative estimate of drug-likeness (QED) is 0.430. The van der Waals surface area contributed by atoms with Gasteiger partial charge in [-0.1, -0.05) is 19.8 Å². The van der Waals surface area contributed by atoms with Gasteiger partial charge in [-0.05, 0) is 31.7 Å². The average Bonchev–Trinajstić information content (AvgIpc) is 1.97. The van der Waals surface area contributed by atoms with Crippen molar-refractivity contribution in [2.45, 2.75) is 32.6 Å². The van der Waals surface area contributed by atoms with Crippen molar-refractivity contribution in [2.24, 2.45) is 0 Å². The monoisotopic (exact) mass is 161 g/mol. The molecule has 0 rings (SSSR count). The average molecular weight is 161 g/mol. The number of nitrogens with one attached hydrogen (secondary N) is 1. The van der Waals surface area contributed by atoms with Gasteiger partial charge in [-0.15, -0.1) is 0 Å². The van der Waals surface area contributed by atoms with Crippen LogP contribution in [0.15, 0.2) is 0 Å². The molecule has 0 aromatic heterocycles. The highest BCUT2D eigenvalue weighted by atomic mass is 32.1. The third-order valence-electron chi connectivity index (χ3n) is 1.47. The summed E-state index contributed by atoms with van der Waals surface area (Å²) in [5.74, 6) is 1.00. The van der Waals surface area contributed by atoms with Crippen molar-refractivity contribution in [3.8, 4) is 0 Å².